The monoisotopic (exact) mass is 415 g/mol. The van der Waals surface area contributed by atoms with Gasteiger partial charge >= 0.3 is 0 Å². The maximum atomic E-state index is 12.9. The van der Waals surface area contributed by atoms with Crippen LogP contribution in [0.5, 0.6) is 11.5 Å². The Kier molecular flexibility index (Phi) is 5.97. The van der Waals surface area contributed by atoms with E-state index in [1.165, 1.54) is 0 Å². The minimum Gasteiger partial charge on any atom is -0.486 e. The SMILES string of the molecule is O=C(CN1CCC(C(=O)c2ccc3c(c2)OCCO3)CC1)Nc1cccnc1Cl. The fourth-order valence-electron chi connectivity index (χ4n) is 3.66. The van der Waals surface area contributed by atoms with Crippen molar-refractivity contribution in [1.29, 1.82) is 0 Å². The lowest BCUT2D eigenvalue weighted by molar-refractivity contribution is -0.117. The molecule has 7 nitrogen and oxygen atoms in total. The first kappa shape index (κ1) is 19.7. The number of nitrogens with zero attached hydrogens (tertiary/aromatic N) is 2. The van der Waals surface area contributed by atoms with Gasteiger partial charge in [0.15, 0.2) is 22.4 Å². The van der Waals surface area contributed by atoms with Crippen LogP contribution in [0.3, 0.4) is 0 Å². The van der Waals surface area contributed by atoms with Gasteiger partial charge in [0.25, 0.3) is 0 Å². The number of ketones is 1. The number of nitrogens with one attached hydrogen (secondary N) is 1. The number of halogens is 1. The molecule has 0 saturated carbocycles. The van der Waals surface area contributed by atoms with Crippen LogP contribution < -0.4 is 14.8 Å². The summed E-state index contributed by atoms with van der Waals surface area (Å²) >= 11 is 5.97. The Bertz CT molecular complexity index is 913. The van der Waals surface area contributed by atoms with Crippen LogP contribution in [0.1, 0.15) is 23.2 Å². The van der Waals surface area contributed by atoms with Gasteiger partial charge in [-0.15, -0.1) is 0 Å². The number of hydrogen-bond donors (Lipinski definition) is 1. The molecule has 0 atom stereocenters. The van der Waals surface area contributed by atoms with Gasteiger partial charge in [0, 0.05) is 17.7 Å². The van der Waals surface area contributed by atoms with E-state index < -0.39 is 0 Å². The molecule has 152 valence electrons. The second-order valence-corrected chi connectivity index (χ2v) is 7.52. The van der Waals surface area contributed by atoms with Gasteiger partial charge in [0.05, 0.1) is 12.2 Å². The van der Waals surface area contributed by atoms with Gasteiger partial charge in [-0.25, -0.2) is 4.98 Å². The van der Waals surface area contributed by atoms with Gasteiger partial charge in [0.2, 0.25) is 5.91 Å². The summed E-state index contributed by atoms with van der Waals surface area (Å²) in [6, 6.07) is 8.80. The minimum atomic E-state index is -0.142. The van der Waals surface area contributed by atoms with Crippen LogP contribution in [-0.2, 0) is 4.79 Å². The molecule has 29 heavy (non-hydrogen) atoms. The van der Waals surface area contributed by atoms with Gasteiger partial charge < -0.3 is 14.8 Å². The molecule has 2 aliphatic heterocycles. The number of carbonyl (C=O) groups excluding carboxylic acids is 2. The van der Waals surface area contributed by atoms with Crippen molar-refractivity contribution in [3.05, 3.63) is 47.2 Å². The Morgan fingerprint density at radius 3 is 2.66 bits per heavy atom. The summed E-state index contributed by atoms with van der Waals surface area (Å²) in [5.74, 6) is 1.24. The molecule has 2 aliphatic rings. The Morgan fingerprint density at radius 2 is 1.90 bits per heavy atom. The molecule has 0 bridgehead atoms. The van der Waals surface area contributed by atoms with Gasteiger partial charge in [-0.3, -0.25) is 14.5 Å². The normalized spacial score (nSPS) is 17.0. The zero-order valence-corrected chi connectivity index (χ0v) is 16.7. The molecule has 0 unspecified atom stereocenters. The molecule has 8 heteroatoms. The third-order valence-corrected chi connectivity index (χ3v) is 5.49. The molecule has 0 aliphatic carbocycles. The van der Waals surface area contributed by atoms with Crippen LogP contribution in [0.25, 0.3) is 0 Å². The molecule has 4 rings (SSSR count). The molecule has 1 aromatic carbocycles. The van der Waals surface area contributed by atoms with Gasteiger partial charge in [-0.2, -0.15) is 0 Å². The van der Waals surface area contributed by atoms with Crippen molar-refractivity contribution in [2.24, 2.45) is 5.92 Å². The lowest BCUT2D eigenvalue weighted by atomic mass is 9.88. The molecule has 1 aromatic heterocycles. The van der Waals surface area contributed by atoms with Crippen LogP contribution in [-0.4, -0.2) is 54.4 Å². The lowest BCUT2D eigenvalue weighted by Gasteiger charge is -2.30. The van der Waals surface area contributed by atoms with Crippen molar-refractivity contribution in [2.45, 2.75) is 12.8 Å². The molecule has 1 N–H and O–H groups in total. The van der Waals surface area contributed by atoms with E-state index in [0.29, 0.717) is 61.9 Å². The van der Waals surface area contributed by atoms with E-state index in [2.05, 4.69) is 10.3 Å². The average Bonchev–Trinajstić information content (AvgIpc) is 2.75. The number of piperidine rings is 1. The number of rotatable bonds is 5. The lowest BCUT2D eigenvalue weighted by Crippen LogP contribution is -2.40. The molecule has 0 radical (unpaired) electrons. The van der Waals surface area contributed by atoms with Crippen LogP contribution >= 0.6 is 11.6 Å². The van der Waals surface area contributed by atoms with Crippen molar-refractivity contribution >= 4 is 29.0 Å². The van der Waals surface area contributed by atoms with Crippen molar-refractivity contribution in [3.8, 4) is 11.5 Å². The first-order chi connectivity index (χ1) is 14.1. The number of Topliss-reactive ketones (excluding diaryl/α,β-unsaturated/α-hetero) is 1. The highest BCUT2D eigenvalue weighted by molar-refractivity contribution is 6.32. The quantitative estimate of drug-likeness (QED) is 0.597. The summed E-state index contributed by atoms with van der Waals surface area (Å²) < 4.78 is 11.1. The summed E-state index contributed by atoms with van der Waals surface area (Å²) in [6.07, 6.45) is 3.00. The standard InChI is InChI=1S/C21H22ClN3O4/c22-21-16(2-1-7-23-21)24-19(26)13-25-8-5-14(6-9-25)20(27)15-3-4-17-18(12-15)29-11-10-28-17/h1-4,7,12,14H,5-6,8-11,13H2,(H,24,26). The predicted molar refractivity (Wildman–Crippen MR) is 109 cm³/mol. The fraction of sp³-hybridized carbons (Fsp3) is 0.381. The number of hydrogen-bond acceptors (Lipinski definition) is 6. The molecule has 2 aromatic rings. The van der Waals surface area contributed by atoms with E-state index in [0.717, 1.165) is 0 Å². The topological polar surface area (TPSA) is 80.8 Å². The molecule has 1 saturated heterocycles. The molecule has 3 heterocycles. The highest BCUT2D eigenvalue weighted by Gasteiger charge is 2.27. The summed E-state index contributed by atoms with van der Waals surface area (Å²) in [6.45, 7) is 2.66. The van der Waals surface area contributed by atoms with E-state index in [1.807, 2.05) is 4.90 Å². The van der Waals surface area contributed by atoms with E-state index in [4.69, 9.17) is 21.1 Å². The molecular weight excluding hydrogens is 394 g/mol. The number of pyridine rings is 1. The Balaban J connectivity index is 1.29. The van der Waals surface area contributed by atoms with Crippen LogP contribution in [0, 0.1) is 5.92 Å². The van der Waals surface area contributed by atoms with Crippen LogP contribution in [0.2, 0.25) is 5.15 Å². The van der Waals surface area contributed by atoms with Gasteiger partial charge in [-0.1, -0.05) is 11.6 Å². The van der Waals surface area contributed by atoms with Gasteiger partial charge in [0.1, 0.15) is 13.2 Å². The summed E-state index contributed by atoms with van der Waals surface area (Å²) in [5, 5.41) is 3.05. The fourth-order valence-corrected chi connectivity index (χ4v) is 3.82. The smallest absolute Gasteiger partial charge is 0.238 e. The minimum absolute atomic E-state index is 0.0513. The number of benzene rings is 1. The first-order valence-corrected chi connectivity index (χ1v) is 10.0. The van der Waals surface area contributed by atoms with Crippen LogP contribution in [0.4, 0.5) is 5.69 Å². The maximum Gasteiger partial charge on any atom is 0.238 e. The summed E-state index contributed by atoms with van der Waals surface area (Å²) in [4.78, 5) is 31.1. The molecular formula is C21H22ClN3O4. The number of aromatic nitrogens is 1. The van der Waals surface area contributed by atoms with Crippen molar-refractivity contribution in [2.75, 3.05) is 38.2 Å². The number of carbonyl (C=O) groups is 2. The number of anilines is 1. The van der Waals surface area contributed by atoms with E-state index in [1.54, 1.807) is 36.5 Å². The second kappa shape index (κ2) is 8.80. The molecule has 1 amide bonds. The van der Waals surface area contributed by atoms with E-state index >= 15 is 0 Å². The number of fused-ring (bicyclic) bond motifs is 1. The number of likely N-dealkylation sites (tertiary alicyclic amines) is 1. The Hall–Kier alpha value is -2.64. The Morgan fingerprint density at radius 1 is 1.14 bits per heavy atom. The summed E-state index contributed by atoms with van der Waals surface area (Å²) in [7, 11) is 0. The van der Waals surface area contributed by atoms with E-state index in [-0.39, 0.29) is 29.3 Å². The zero-order valence-electron chi connectivity index (χ0n) is 15.9. The number of amides is 1. The third kappa shape index (κ3) is 4.68. The average molecular weight is 416 g/mol. The maximum absolute atomic E-state index is 12.9. The van der Waals surface area contributed by atoms with Gasteiger partial charge in [-0.05, 0) is 56.3 Å². The highest BCUT2D eigenvalue weighted by atomic mass is 35.5. The highest BCUT2D eigenvalue weighted by Crippen LogP contribution is 2.32. The van der Waals surface area contributed by atoms with Crippen LogP contribution in [0.15, 0.2) is 36.5 Å². The molecule has 0 spiro atoms. The summed E-state index contributed by atoms with van der Waals surface area (Å²) in [5.41, 5.74) is 1.15. The predicted octanol–water partition coefficient (Wildman–Crippen LogP) is 3.04. The van der Waals surface area contributed by atoms with Crippen molar-refractivity contribution in [3.63, 3.8) is 0 Å². The molecule has 1 fully saturated rings. The van der Waals surface area contributed by atoms with Crippen molar-refractivity contribution in [1.82, 2.24) is 9.88 Å². The largest absolute Gasteiger partial charge is 0.486 e. The Labute approximate surface area is 174 Å². The van der Waals surface area contributed by atoms with E-state index in [9.17, 15) is 9.59 Å². The van der Waals surface area contributed by atoms with Crippen molar-refractivity contribution < 1.29 is 19.1 Å². The second-order valence-electron chi connectivity index (χ2n) is 7.16. The third-order valence-electron chi connectivity index (χ3n) is 5.19. The first-order valence-electron chi connectivity index (χ1n) is 9.67. The zero-order chi connectivity index (χ0) is 20.2. The number of ether oxygens (including phenoxy) is 2.